The Bertz CT molecular complexity index is 1430. The summed E-state index contributed by atoms with van der Waals surface area (Å²) >= 11 is 7.49. The van der Waals surface area contributed by atoms with Gasteiger partial charge in [-0.2, -0.15) is 5.10 Å². The van der Waals surface area contributed by atoms with Gasteiger partial charge in [-0.05, 0) is 44.2 Å². The number of benzene rings is 2. The van der Waals surface area contributed by atoms with Gasteiger partial charge in [0.15, 0.2) is 0 Å². The Morgan fingerprint density at radius 2 is 1.77 bits per heavy atom. The molecule has 3 aromatic heterocycles. The molecule has 0 saturated carbocycles. The van der Waals surface area contributed by atoms with Crippen molar-refractivity contribution in [2.75, 3.05) is 0 Å². The summed E-state index contributed by atoms with van der Waals surface area (Å²) in [4.78, 5) is 18.1. The van der Waals surface area contributed by atoms with E-state index in [0.717, 1.165) is 22.6 Å². The quantitative estimate of drug-likeness (QED) is 0.400. The molecule has 2 aromatic carbocycles. The molecule has 31 heavy (non-hydrogen) atoms. The van der Waals surface area contributed by atoms with Gasteiger partial charge in [-0.15, -0.1) is 11.3 Å². The van der Waals surface area contributed by atoms with Gasteiger partial charge in [0.25, 0.3) is 5.56 Å². The van der Waals surface area contributed by atoms with E-state index in [9.17, 15) is 4.79 Å². The average molecular weight is 448 g/mol. The smallest absolute Gasteiger partial charge is 0.280 e. The first kappa shape index (κ1) is 19.5. The molecule has 154 valence electrons. The van der Waals surface area contributed by atoms with Crippen LogP contribution in [-0.2, 0) is 0 Å². The number of H-pyrrole nitrogens is 1. The Balaban J connectivity index is 1.62. The van der Waals surface area contributed by atoms with Gasteiger partial charge in [-0.25, -0.2) is 14.3 Å². The molecule has 0 fully saturated rings. The van der Waals surface area contributed by atoms with Crippen molar-refractivity contribution in [1.82, 2.24) is 24.5 Å². The Morgan fingerprint density at radius 3 is 2.52 bits per heavy atom. The lowest BCUT2D eigenvalue weighted by Crippen LogP contribution is -2.16. The van der Waals surface area contributed by atoms with Crippen LogP contribution in [0.15, 0.2) is 70.8 Å². The van der Waals surface area contributed by atoms with Crippen molar-refractivity contribution in [1.29, 1.82) is 0 Å². The van der Waals surface area contributed by atoms with E-state index in [1.807, 2.05) is 55.6 Å². The number of aromatic amines is 1. The molecule has 0 aliphatic rings. The largest absolute Gasteiger partial charge is 0.295 e. The maximum atomic E-state index is 13.3. The highest BCUT2D eigenvalue weighted by molar-refractivity contribution is 7.12. The number of nitrogens with zero attached hydrogens (tertiary/aromatic N) is 4. The third-order valence-electron chi connectivity index (χ3n) is 4.99. The predicted molar refractivity (Wildman–Crippen MR) is 125 cm³/mol. The van der Waals surface area contributed by atoms with Crippen molar-refractivity contribution in [2.24, 2.45) is 0 Å². The van der Waals surface area contributed by atoms with Crippen LogP contribution in [0.2, 0.25) is 5.02 Å². The minimum absolute atomic E-state index is 0.152. The molecule has 0 aliphatic carbocycles. The lowest BCUT2D eigenvalue weighted by molar-refractivity contribution is 0.835. The van der Waals surface area contributed by atoms with Gasteiger partial charge in [-0.1, -0.05) is 41.9 Å². The van der Waals surface area contributed by atoms with Crippen LogP contribution < -0.4 is 5.56 Å². The van der Waals surface area contributed by atoms with Gasteiger partial charge in [-0.3, -0.25) is 9.89 Å². The number of thiazole rings is 1. The minimum atomic E-state index is -0.152. The molecule has 0 aliphatic heterocycles. The maximum Gasteiger partial charge on any atom is 0.280 e. The van der Waals surface area contributed by atoms with Crippen LogP contribution in [0.4, 0.5) is 0 Å². The van der Waals surface area contributed by atoms with Crippen LogP contribution in [0.1, 0.15) is 11.4 Å². The number of hydrogen-bond donors (Lipinski definition) is 1. The lowest BCUT2D eigenvalue weighted by Gasteiger charge is -2.02. The molecule has 8 heteroatoms. The molecule has 6 nitrogen and oxygen atoms in total. The van der Waals surface area contributed by atoms with Crippen molar-refractivity contribution in [2.45, 2.75) is 13.8 Å². The van der Waals surface area contributed by atoms with Crippen LogP contribution >= 0.6 is 22.9 Å². The monoisotopic (exact) mass is 447 g/mol. The molecule has 0 bridgehead atoms. The lowest BCUT2D eigenvalue weighted by atomic mass is 10.2. The van der Waals surface area contributed by atoms with E-state index < -0.39 is 0 Å². The molecule has 5 aromatic rings. The normalized spacial score (nSPS) is 11.2. The van der Waals surface area contributed by atoms with E-state index in [1.165, 1.54) is 16.0 Å². The third kappa shape index (κ3) is 3.52. The fourth-order valence-electron chi connectivity index (χ4n) is 3.55. The van der Waals surface area contributed by atoms with E-state index in [4.69, 9.17) is 16.6 Å². The summed E-state index contributed by atoms with van der Waals surface area (Å²) < 4.78 is 3.27. The summed E-state index contributed by atoms with van der Waals surface area (Å²) in [5.41, 5.74) is 5.31. The van der Waals surface area contributed by atoms with E-state index in [0.29, 0.717) is 27.1 Å². The summed E-state index contributed by atoms with van der Waals surface area (Å²) in [7, 11) is 0. The fourth-order valence-corrected chi connectivity index (χ4v) is 4.47. The van der Waals surface area contributed by atoms with Gasteiger partial charge in [0.2, 0.25) is 5.13 Å². The molecule has 3 heterocycles. The van der Waals surface area contributed by atoms with E-state index in [1.54, 1.807) is 28.9 Å². The second kappa shape index (κ2) is 7.68. The number of aromatic nitrogens is 5. The van der Waals surface area contributed by atoms with Gasteiger partial charge in [0.1, 0.15) is 0 Å². The minimum Gasteiger partial charge on any atom is -0.295 e. The zero-order chi connectivity index (χ0) is 21.5. The van der Waals surface area contributed by atoms with E-state index in [2.05, 4.69) is 10.2 Å². The highest BCUT2D eigenvalue weighted by Crippen LogP contribution is 2.29. The molecule has 0 unspecified atom stereocenters. The maximum absolute atomic E-state index is 13.3. The molecule has 0 atom stereocenters. The highest BCUT2D eigenvalue weighted by atomic mass is 35.5. The van der Waals surface area contributed by atoms with Gasteiger partial charge in [0, 0.05) is 21.7 Å². The number of hydrogen-bond acceptors (Lipinski definition) is 4. The molecule has 5 rings (SSSR count). The van der Waals surface area contributed by atoms with Crippen LogP contribution in [0.3, 0.4) is 0 Å². The number of halogens is 1. The number of nitrogens with one attached hydrogen (secondary N) is 1. The van der Waals surface area contributed by atoms with Crippen molar-refractivity contribution in [3.8, 4) is 33.3 Å². The van der Waals surface area contributed by atoms with Crippen molar-refractivity contribution >= 4 is 22.9 Å². The first-order valence-electron chi connectivity index (χ1n) is 9.67. The van der Waals surface area contributed by atoms with E-state index in [-0.39, 0.29) is 5.56 Å². The summed E-state index contributed by atoms with van der Waals surface area (Å²) in [5, 5.41) is 11.1. The molecular formula is C23H18ClN5OS. The SMILES string of the molecule is Cc1cc(-c2c(C)[nH]n(-c3ccc(Cl)cc3)c2=O)n(-c2nc(-c3ccccc3)cs2)n1. The second-order valence-corrected chi connectivity index (χ2v) is 8.47. The van der Waals surface area contributed by atoms with Crippen LogP contribution in [-0.4, -0.2) is 24.5 Å². The summed E-state index contributed by atoms with van der Waals surface area (Å²) in [6.45, 7) is 3.79. The molecule has 0 radical (unpaired) electrons. The third-order valence-corrected chi connectivity index (χ3v) is 6.05. The molecular weight excluding hydrogens is 430 g/mol. The average Bonchev–Trinajstić information content (AvgIpc) is 3.47. The van der Waals surface area contributed by atoms with Crippen LogP contribution in [0.5, 0.6) is 0 Å². The summed E-state index contributed by atoms with van der Waals surface area (Å²) in [6.07, 6.45) is 0. The summed E-state index contributed by atoms with van der Waals surface area (Å²) in [6, 6.07) is 19.0. The van der Waals surface area contributed by atoms with Crippen molar-refractivity contribution < 1.29 is 0 Å². The zero-order valence-electron chi connectivity index (χ0n) is 16.8. The first-order chi connectivity index (χ1) is 15.0. The topological polar surface area (TPSA) is 68.5 Å². The standard InChI is InChI=1S/C23H18ClN5OS/c1-14-12-20(21-15(2)27-28(22(21)30)18-10-8-17(24)9-11-18)29(26-14)23-25-19(13-31-23)16-6-4-3-5-7-16/h3-13,27H,1-2H3. The Labute approximate surface area is 187 Å². The first-order valence-corrected chi connectivity index (χ1v) is 10.9. The van der Waals surface area contributed by atoms with Crippen molar-refractivity contribution in [3.05, 3.63) is 92.8 Å². The van der Waals surface area contributed by atoms with Gasteiger partial charge in [0.05, 0.1) is 28.3 Å². The Morgan fingerprint density at radius 1 is 1.03 bits per heavy atom. The number of aryl methyl sites for hydroxylation is 2. The molecule has 1 N–H and O–H groups in total. The van der Waals surface area contributed by atoms with E-state index >= 15 is 0 Å². The Hall–Kier alpha value is -3.42. The van der Waals surface area contributed by atoms with Crippen molar-refractivity contribution in [3.63, 3.8) is 0 Å². The molecule has 0 spiro atoms. The molecule has 0 saturated heterocycles. The Kier molecular flexibility index (Phi) is 4.84. The van der Waals surface area contributed by atoms with Gasteiger partial charge < -0.3 is 0 Å². The zero-order valence-corrected chi connectivity index (χ0v) is 18.4. The van der Waals surface area contributed by atoms with Crippen LogP contribution in [0, 0.1) is 13.8 Å². The highest BCUT2D eigenvalue weighted by Gasteiger charge is 2.21. The van der Waals surface area contributed by atoms with Crippen LogP contribution in [0.25, 0.3) is 33.3 Å². The fraction of sp³-hybridized carbons (Fsp3) is 0.0870. The predicted octanol–water partition coefficient (Wildman–Crippen LogP) is 5.41. The second-order valence-electron chi connectivity index (χ2n) is 7.19. The summed E-state index contributed by atoms with van der Waals surface area (Å²) in [5.74, 6) is 0. The number of rotatable bonds is 4. The van der Waals surface area contributed by atoms with Gasteiger partial charge >= 0.3 is 0 Å². The molecule has 0 amide bonds.